The summed E-state index contributed by atoms with van der Waals surface area (Å²) in [5.41, 5.74) is 28.3. The molecule has 101 heavy (non-hydrogen) atoms. The van der Waals surface area contributed by atoms with Crippen molar-refractivity contribution in [2.45, 2.75) is 0 Å². The molecule has 0 radical (unpaired) electrons. The predicted molar refractivity (Wildman–Crippen MR) is 425 cm³/mol. The Kier molecular flexibility index (Phi) is 13.8. The molecule has 4 nitrogen and oxygen atoms in total. The van der Waals surface area contributed by atoms with Crippen molar-refractivity contribution in [1.82, 2.24) is 0 Å². The van der Waals surface area contributed by atoms with E-state index >= 15 is 0 Å². The van der Waals surface area contributed by atoms with Crippen LogP contribution in [0, 0.1) is 0 Å². The van der Waals surface area contributed by atoms with Gasteiger partial charge in [-0.05, 0) is 0 Å². The number of anilines is 6. The summed E-state index contributed by atoms with van der Waals surface area (Å²) < 4.78 is 19.7. The van der Waals surface area contributed by atoms with E-state index in [1.165, 1.54) is 39.8 Å². The Morgan fingerprint density at radius 1 is 0.178 bits per heavy atom. The number of nitrogens with zero attached hydrogens (tertiary/aromatic N) is 2. The summed E-state index contributed by atoms with van der Waals surface area (Å²) in [6, 6.07) is 140. The van der Waals surface area contributed by atoms with E-state index < -0.39 is 13.3 Å². The van der Waals surface area contributed by atoms with Crippen LogP contribution in [0.25, 0.3) is 133 Å². The van der Waals surface area contributed by atoms with Crippen molar-refractivity contribution in [3.63, 3.8) is 0 Å². The topological polar surface area (TPSA) is 32.8 Å². The quantitative estimate of drug-likeness (QED) is 0.128. The number of furan rings is 2. The first kappa shape index (κ1) is 58.4. The second kappa shape index (κ2) is 23.8. The molecule has 18 aromatic rings. The first-order chi connectivity index (χ1) is 50.1. The Morgan fingerprint density at radius 2 is 0.416 bits per heavy atom. The number of hydrogen-bond donors (Lipinski definition) is 0. The van der Waals surface area contributed by atoms with E-state index in [1.54, 1.807) is 0 Å². The SMILES string of the molecule is c1ccc(-c2ccccc2-c2ccc3[c](c2)[Ge]2([c]4cc(-c5ccccc5-c5ccccc5)ccc4N3c3cccc4c3oc3ccccc34)[c]3cc(-c4ccccc4-c4ccccc4)ccc3N(c3cccc4c3oc3ccccc34)c3ccc(-c4ccccc4-c4ccccc4)c[c]32)cc1. The molecule has 2 aliphatic heterocycles. The van der Waals surface area contributed by atoms with Gasteiger partial charge >= 0.3 is 593 Å². The fourth-order valence-electron chi connectivity index (χ4n) is 16.7. The zero-order valence-corrected chi connectivity index (χ0v) is 57.1. The van der Waals surface area contributed by atoms with Crippen LogP contribution < -0.4 is 27.4 Å². The van der Waals surface area contributed by atoms with Crippen LogP contribution in [0.2, 0.25) is 0 Å². The maximum atomic E-state index is 7.23. The minimum atomic E-state index is -4.99. The van der Waals surface area contributed by atoms with Crippen molar-refractivity contribution in [3.8, 4) is 89.0 Å². The van der Waals surface area contributed by atoms with Gasteiger partial charge in [0.05, 0.1) is 0 Å². The molecule has 0 amide bonds. The van der Waals surface area contributed by atoms with E-state index in [0.29, 0.717) is 0 Å². The van der Waals surface area contributed by atoms with Crippen molar-refractivity contribution in [2.75, 3.05) is 9.80 Å². The monoisotopic (exact) mass is 1350 g/mol. The van der Waals surface area contributed by atoms with Gasteiger partial charge < -0.3 is 0 Å². The molecule has 0 saturated heterocycles. The van der Waals surface area contributed by atoms with E-state index in [2.05, 4.69) is 386 Å². The van der Waals surface area contributed by atoms with E-state index in [-0.39, 0.29) is 0 Å². The summed E-state index contributed by atoms with van der Waals surface area (Å²) in [5, 5.41) is 4.30. The number of para-hydroxylation sites is 4. The van der Waals surface area contributed by atoms with Gasteiger partial charge in [-0.1, -0.05) is 0 Å². The molecule has 2 aromatic heterocycles. The van der Waals surface area contributed by atoms with Gasteiger partial charge in [-0.2, -0.15) is 0 Å². The summed E-state index contributed by atoms with van der Waals surface area (Å²) >= 11 is -4.99. The molecule has 5 heteroatoms. The van der Waals surface area contributed by atoms with Gasteiger partial charge in [-0.3, -0.25) is 0 Å². The number of hydrogen-bond acceptors (Lipinski definition) is 4. The zero-order chi connectivity index (χ0) is 66.5. The van der Waals surface area contributed by atoms with Crippen LogP contribution in [-0.4, -0.2) is 13.3 Å². The molecule has 0 atom stereocenters. The average molecular weight is 1350 g/mol. The molecule has 1 spiro atoms. The minimum absolute atomic E-state index is 0.834. The van der Waals surface area contributed by atoms with Crippen LogP contribution >= 0.6 is 0 Å². The van der Waals surface area contributed by atoms with E-state index in [1.807, 2.05) is 0 Å². The molecule has 0 fully saturated rings. The van der Waals surface area contributed by atoms with E-state index in [0.717, 1.165) is 145 Å². The van der Waals surface area contributed by atoms with Crippen LogP contribution in [0.4, 0.5) is 34.1 Å². The second-order valence-electron chi connectivity index (χ2n) is 26.5. The summed E-state index contributed by atoms with van der Waals surface area (Å²) in [6.07, 6.45) is 0. The summed E-state index contributed by atoms with van der Waals surface area (Å²) in [5.74, 6) is 0. The van der Waals surface area contributed by atoms with Crippen LogP contribution in [0.15, 0.2) is 385 Å². The molecule has 0 saturated carbocycles. The molecule has 472 valence electrons. The second-order valence-corrected chi connectivity index (χ2v) is 34.2. The Bertz CT molecular complexity index is 5640. The molecule has 0 aliphatic carbocycles. The first-order valence-electron chi connectivity index (χ1n) is 34.7. The Morgan fingerprint density at radius 3 is 0.703 bits per heavy atom. The first-order valence-corrected chi connectivity index (χ1v) is 38.9. The molecule has 20 rings (SSSR count). The van der Waals surface area contributed by atoms with Gasteiger partial charge in [-0.15, -0.1) is 0 Å². The van der Waals surface area contributed by atoms with Gasteiger partial charge in [-0.25, -0.2) is 0 Å². The van der Waals surface area contributed by atoms with Crippen LogP contribution in [0.3, 0.4) is 0 Å². The van der Waals surface area contributed by atoms with Crippen molar-refractivity contribution in [2.24, 2.45) is 0 Å². The van der Waals surface area contributed by atoms with Gasteiger partial charge in [0.1, 0.15) is 0 Å². The van der Waals surface area contributed by atoms with E-state index in [9.17, 15) is 0 Å². The Balaban J connectivity index is 0.991. The van der Waals surface area contributed by atoms with Gasteiger partial charge in [0.2, 0.25) is 0 Å². The molecule has 4 heterocycles. The normalized spacial score (nSPS) is 12.8. The van der Waals surface area contributed by atoms with Crippen LogP contribution in [0.1, 0.15) is 0 Å². The maximum absolute atomic E-state index is 7.23. The summed E-state index contributed by atoms with van der Waals surface area (Å²) in [6.45, 7) is 0. The van der Waals surface area contributed by atoms with Crippen molar-refractivity contribution in [1.29, 1.82) is 0 Å². The van der Waals surface area contributed by atoms with Crippen molar-refractivity contribution < 1.29 is 8.83 Å². The number of benzene rings is 16. The Labute approximate surface area is 588 Å². The third-order valence-electron chi connectivity index (χ3n) is 21.1. The molecule has 16 aromatic carbocycles. The van der Waals surface area contributed by atoms with Gasteiger partial charge in [0, 0.05) is 0 Å². The van der Waals surface area contributed by atoms with Crippen LogP contribution in [0.5, 0.6) is 0 Å². The number of rotatable bonds is 10. The average Bonchev–Trinajstić information content (AvgIpc) is 0.793. The molecular weight excluding hydrogens is 1290 g/mol. The fourth-order valence-corrected chi connectivity index (χ4v) is 28.3. The van der Waals surface area contributed by atoms with Gasteiger partial charge in [0.25, 0.3) is 0 Å². The molecule has 2 aliphatic rings. The van der Waals surface area contributed by atoms with E-state index in [4.69, 9.17) is 8.83 Å². The third kappa shape index (κ3) is 9.29. The van der Waals surface area contributed by atoms with Crippen molar-refractivity contribution >= 4 is 109 Å². The Hall–Kier alpha value is -12.7. The van der Waals surface area contributed by atoms with Crippen molar-refractivity contribution in [3.05, 3.63) is 376 Å². The fraction of sp³-hybridized carbons (Fsp3) is 0. The summed E-state index contributed by atoms with van der Waals surface area (Å²) in [7, 11) is 0. The van der Waals surface area contributed by atoms with Crippen LogP contribution in [-0.2, 0) is 0 Å². The van der Waals surface area contributed by atoms with Gasteiger partial charge in [0.15, 0.2) is 0 Å². The standard InChI is InChI=1S/C96H62GeN2O2/c1-5-27-63(28-6-1)71-35-13-17-39-75(71)67-51-55-87-83(59-67)97(84-60-68(76-40-18-14-36-72(76)64-29-7-2-8-30-64)52-56-88(84)98(87)91-47-25-45-81-79-43-21-23-49-93(79)100-95(81)91)85-61-69(77-41-19-15-37-73(77)65-31-9-3-10-32-65)53-57-89(85)99(92-48-26-46-82-80-44-22-24-50-94(80)101-96(82)92)90-58-54-70(62-86(90)97)78-42-20-16-38-74(78)66-33-11-4-12-34-66/h1-62H. The molecule has 0 unspecified atom stereocenters. The zero-order valence-electron chi connectivity index (χ0n) is 55.0. The summed E-state index contributed by atoms with van der Waals surface area (Å²) in [4.78, 5) is 5.13. The number of fused-ring (bicyclic) bond motifs is 14. The molecule has 0 N–H and O–H groups in total. The molecular formula is C96H62GeN2O2. The molecule has 0 bridgehead atoms. The third-order valence-corrected chi connectivity index (χ3v) is 31.2. The predicted octanol–water partition coefficient (Wildman–Crippen LogP) is 23.8.